The van der Waals surface area contributed by atoms with E-state index in [0.717, 1.165) is 57.8 Å². The minimum atomic E-state index is 0. The van der Waals surface area contributed by atoms with Crippen LogP contribution in [-0.4, -0.2) is 64.5 Å². The van der Waals surface area contributed by atoms with Crippen molar-refractivity contribution in [1.82, 2.24) is 10.2 Å². The first kappa shape index (κ1) is 20.9. The van der Waals surface area contributed by atoms with E-state index in [1.165, 1.54) is 19.3 Å². The lowest BCUT2D eigenvalue weighted by atomic mass is 9.96. The zero-order valence-corrected chi connectivity index (χ0v) is 16.1. The Morgan fingerprint density at radius 2 is 2.10 bits per heavy atom. The second-order valence-electron chi connectivity index (χ2n) is 5.35. The number of rotatable bonds is 8. The zero-order chi connectivity index (χ0) is 14.6. The third-order valence-electron chi connectivity index (χ3n) is 3.68. The summed E-state index contributed by atoms with van der Waals surface area (Å²) in [4.78, 5) is 6.88. The molecule has 1 rings (SSSR count). The lowest BCUT2D eigenvalue weighted by Gasteiger charge is -2.26. The summed E-state index contributed by atoms with van der Waals surface area (Å²) in [7, 11) is 3.85. The second kappa shape index (κ2) is 13.6. The fraction of sp³-hybridized carbons (Fsp3) is 0.933. The average molecular weight is 413 g/mol. The predicted octanol–water partition coefficient (Wildman–Crippen LogP) is 2.35. The monoisotopic (exact) mass is 413 g/mol. The van der Waals surface area contributed by atoms with Gasteiger partial charge in [0.25, 0.3) is 0 Å². The van der Waals surface area contributed by atoms with Gasteiger partial charge in [0.15, 0.2) is 5.96 Å². The van der Waals surface area contributed by atoms with E-state index in [1.54, 1.807) is 7.11 Å². The number of halogens is 1. The van der Waals surface area contributed by atoms with Gasteiger partial charge in [0.05, 0.1) is 0 Å². The Kier molecular flexibility index (Phi) is 13.5. The molecule has 0 unspecified atom stereocenters. The summed E-state index contributed by atoms with van der Waals surface area (Å²) in [5.74, 6) is 1.82. The molecule has 0 atom stereocenters. The molecule has 0 aromatic rings. The quantitative estimate of drug-likeness (QED) is 0.287. The van der Waals surface area contributed by atoms with E-state index in [0.29, 0.717) is 0 Å². The van der Waals surface area contributed by atoms with E-state index >= 15 is 0 Å². The molecule has 0 saturated carbocycles. The van der Waals surface area contributed by atoms with Gasteiger partial charge in [-0.3, -0.25) is 4.99 Å². The van der Waals surface area contributed by atoms with Crippen LogP contribution in [0.3, 0.4) is 0 Å². The smallest absolute Gasteiger partial charge is 0.193 e. The molecule has 6 heteroatoms. The van der Waals surface area contributed by atoms with E-state index in [-0.39, 0.29) is 24.0 Å². The highest BCUT2D eigenvalue weighted by Gasteiger charge is 2.15. The van der Waals surface area contributed by atoms with E-state index in [4.69, 9.17) is 9.47 Å². The van der Waals surface area contributed by atoms with Gasteiger partial charge >= 0.3 is 0 Å². The Balaban J connectivity index is 0.00000400. The Morgan fingerprint density at radius 3 is 2.71 bits per heavy atom. The summed E-state index contributed by atoms with van der Waals surface area (Å²) in [5, 5.41) is 3.36. The maximum Gasteiger partial charge on any atom is 0.193 e. The predicted molar refractivity (Wildman–Crippen MR) is 98.7 cm³/mol. The van der Waals surface area contributed by atoms with Crippen LogP contribution in [0, 0.1) is 5.92 Å². The Labute approximate surface area is 146 Å². The van der Waals surface area contributed by atoms with Crippen LogP contribution in [0.2, 0.25) is 0 Å². The van der Waals surface area contributed by atoms with Gasteiger partial charge < -0.3 is 19.7 Å². The van der Waals surface area contributed by atoms with Crippen LogP contribution in [0.1, 0.15) is 32.6 Å². The summed E-state index contributed by atoms with van der Waals surface area (Å²) in [5.41, 5.74) is 0. The number of hydrogen-bond acceptors (Lipinski definition) is 3. The van der Waals surface area contributed by atoms with Crippen molar-refractivity contribution in [3.8, 4) is 0 Å². The molecule has 0 bridgehead atoms. The van der Waals surface area contributed by atoms with Gasteiger partial charge in [-0.2, -0.15) is 0 Å². The number of nitrogens with one attached hydrogen (secondary N) is 1. The topological polar surface area (TPSA) is 46.1 Å². The van der Waals surface area contributed by atoms with Crippen LogP contribution < -0.4 is 5.32 Å². The van der Waals surface area contributed by atoms with E-state index in [9.17, 15) is 0 Å². The van der Waals surface area contributed by atoms with Crippen LogP contribution in [0.15, 0.2) is 4.99 Å². The third-order valence-corrected chi connectivity index (χ3v) is 3.68. The number of ether oxygens (including phenoxy) is 2. The number of hydrogen-bond donors (Lipinski definition) is 1. The Morgan fingerprint density at radius 1 is 1.38 bits per heavy atom. The first-order chi connectivity index (χ1) is 9.77. The maximum absolute atomic E-state index is 5.41. The fourth-order valence-corrected chi connectivity index (χ4v) is 2.38. The lowest BCUT2D eigenvalue weighted by Crippen LogP contribution is -2.40. The summed E-state index contributed by atoms with van der Waals surface area (Å²) in [6.07, 6.45) is 4.60. The summed E-state index contributed by atoms with van der Waals surface area (Å²) >= 11 is 0. The van der Waals surface area contributed by atoms with Crippen molar-refractivity contribution in [2.75, 3.05) is 53.6 Å². The van der Waals surface area contributed by atoms with Crippen molar-refractivity contribution in [2.24, 2.45) is 10.9 Å². The van der Waals surface area contributed by atoms with Gasteiger partial charge in [0.2, 0.25) is 0 Å². The molecule has 1 aliphatic heterocycles. The van der Waals surface area contributed by atoms with Gasteiger partial charge in [-0.25, -0.2) is 0 Å². The van der Waals surface area contributed by atoms with Crippen LogP contribution in [-0.2, 0) is 9.47 Å². The largest absolute Gasteiger partial charge is 0.385 e. The minimum absolute atomic E-state index is 0. The standard InChI is InChI=1S/C15H31N3O2.HI/c1-4-16-15(17-9-5-11-19-3)18(2)10-6-14-7-12-20-13-8-14;/h14H,4-13H2,1-3H3,(H,16,17);1H. The van der Waals surface area contributed by atoms with Crippen molar-refractivity contribution in [3.05, 3.63) is 0 Å². The average Bonchev–Trinajstić information content (AvgIpc) is 2.49. The third kappa shape index (κ3) is 9.52. The molecule has 0 aromatic heterocycles. The fourth-order valence-electron chi connectivity index (χ4n) is 2.38. The van der Waals surface area contributed by atoms with Gasteiger partial charge in [0, 0.05) is 53.6 Å². The molecule has 1 saturated heterocycles. The summed E-state index contributed by atoms with van der Waals surface area (Å²) in [6, 6.07) is 0. The Bertz CT molecular complexity index is 272. The highest BCUT2D eigenvalue weighted by atomic mass is 127. The molecular weight excluding hydrogens is 381 g/mol. The van der Waals surface area contributed by atoms with Crippen molar-refractivity contribution < 1.29 is 9.47 Å². The normalized spacial score (nSPS) is 16.4. The Hall–Kier alpha value is -0.0800. The SMILES string of the molecule is CCNC(=NCCCOC)N(C)CCC1CCOCC1.I. The van der Waals surface area contributed by atoms with Crippen molar-refractivity contribution >= 4 is 29.9 Å². The molecule has 0 amide bonds. The van der Waals surface area contributed by atoms with Crippen LogP contribution in [0.4, 0.5) is 0 Å². The highest BCUT2D eigenvalue weighted by molar-refractivity contribution is 14.0. The number of aliphatic imine (C=N–C) groups is 1. The molecule has 0 aromatic carbocycles. The molecule has 0 aliphatic carbocycles. The molecule has 1 N–H and O–H groups in total. The molecule has 1 aliphatic rings. The number of nitrogens with zero attached hydrogens (tertiary/aromatic N) is 2. The number of guanidine groups is 1. The summed E-state index contributed by atoms with van der Waals surface area (Å²) < 4.78 is 10.5. The maximum atomic E-state index is 5.41. The van der Waals surface area contributed by atoms with E-state index in [1.807, 2.05) is 0 Å². The van der Waals surface area contributed by atoms with Crippen molar-refractivity contribution in [2.45, 2.75) is 32.6 Å². The molecule has 1 fully saturated rings. The van der Waals surface area contributed by atoms with Crippen LogP contribution in [0.25, 0.3) is 0 Å². The minimum Gasteiger partial charge on any atom is -0.385 e. The molecule has 5 nitrogen and oxygen atoms in total. The second-order valence-corrected chi connectivity index (χ2v) is 5.35. The van der Waals surface area contributed by atoms with Gasteiger partial charge in [-0.05, 0) is 38.5 Å². The number of methoxy groups -OCH3 is 1. The molecular formula is C15H32IN3O2. The van der Waals surface area contributed by atoms with E-state index < -0.39 is 0 Å². The van der Waals surface area contributed by atoms with E-state index in [2.05, 4.69) is 29.2 Å². The molecule has 0 spiro atoms. The van der Waals surface area contributed by atoms with Gasteiger partial charge in [-0.1, -0.05) is 0 Å². The van der Waals surface area contributed by atoms with Gasteiger partial charge in [-0.15, -0.1) is 24.0 Å². The van der Waals surface area contributed by atoms with Gasteiger partial charge in [0.1, 0.15) is 0 Å². The lowest BCUT2D eigenvalue weighted by molar-refractivity contribution is 0.0625. The molecule has 0 radical (unpaired) electrons. The molecule has 21 heavy (non-hydrogen) atoms. The highest BCUT2D eigenvalue weighted by Crippen LogP contribution is 2.18. The van der Waals surface area contributed by atoms with Crippen molar-refractivity contribution in [1.29, 1.82) is 0 Å². The summed E-state index contributed by atoms with van der Waals surface area (Å²) in [6.45, 7) is 7.52. The zero-order valence-electron chi connectivity index (χ0n) is 13.8. The first-order valence-corrected chi connectivity index (χ1v) is 7.84. The molecule has 126 valence electrons. The molecule has 1 heterocycles. The van der Waals surface area contributed by atoms with Crippen LogP contribution in [0.5, 0.6) is 0 Å². The first-order valence-electron chi connectivity index (χ1n) is 7.84. The van der Waals surface area contributed by atoms with Crippen LogP contribution >= 0.6 is 24.0 Å². The van der Waals surface area contributed by atoms with Crippen molar-refractivity contribution in [3.63, 3.8) is 0 Å².